The van der Waals surface area contributed by atoms with Gasteiger partial charge in [0.05, 0.1) is 0 Å². The highest BCUT2D eigenvalue weighted by Crippen LogP contribution is 2.60. The van der Waals surface area contributed by atoms with Crippen molar-refractivity contribution in [3.05, 3.63) is 0 Å². The molecule has 2 heteroatoms. The van der Waals surface area contributed by atoms with Gasteiger partial charge in [0.15, 0.2) is 0 Å². The van der Waals surface area contributed by atoms with Gasteiger partial charge in [0, 0.05) is 5.92 Å². The van der Waals surface area contributed by atoms with E-state index in [0.717, 1.165) is 12.8 Å². The summed E-state index contributed by atoms with van der Waals surface area (Å²) in [6.07, 6.45) is 3.19. The van der Waals surface area contributed by atoms with Gasteiger partial charge in [-0.05, 0) is 30.6 Å². The molecule has 2 aliphatic rings. The highest BCUT2D eigenvalue weighted by Gasteiger charge is 2.58. The topological polar surface area (TPSA) is 46.2 Å². The van der Waals surface area contributed by atoms with Gasteiger partial charge in [0.2, 0.25) is 0 Å². The number of fused-ring (bicyclic) bond motifs is 2. The first-order valence-corrected chi connectivity index (χ1v) is 4.46. The molecule has 2 fully saturated rings. The number of rotatable bonds is 0. The lowest BCUT2D eigenvalue weighted by atomic mass is 9.81. The summed E-state index contributed by atoms with van der Waals surface area (Å²) >= 11 is 0. The van der Waals surface area contributed by atoms with Crippen LogP contribution < -0.4 is 5.73 Å². The Bertz CT molecular complexity index is 186. The fourth-order valence-corrected chi connectivity index (χ4v) is 3.19. The second kappa shape index (κ2) is 1.80. The van der Waals surface area contributed by atoms with E-state index >= 15 is 0 Å². The molecule has 0 aromatic heterocycles. The van der Waals surface area contributed by atoms with Crippen molar-refractivity contribution in [2.75, 3.05) is 0 Å². The van der Waals surface area contributed by atoms with Crippen molar-refractivity contribution >= 4 is 0 Å². The van der Waals surface area contributed by atoms with Crippen molar-refractivity contribution in [3.8, 4) is 0 Å². The van der Waals surface area contributed by atoms with Crippen LogP contribution >= 0.6 is 0 Å². The van der Waals surface area contributed by atoms with E-state index in [1.165, 1.54) is 6.42 Å². The average molecular weight is 155 g/mol. The van der Waals surface area contributed by atoms with Gasteiger partial charge in [-0.3, -0.25) is 0 Å². The lowest BCUT2D eigenvalue weighted by molar-refractivity contribution is -0.0195. The Morgan fingerprint density at radius 3 is 2.18 bits per heavy atom. The van der Waals surface area contributed by atoms with E-state index in [1.54, 1.807) is 0 Å². The summed E-state index contributed by atoms with van der Waals surface area (Å²) in [5.41, 5.74) is 5.22. The molecular formula is C9H17NO. The van der Waals surface area contributed by atoms with Crippen molar-refractivity contribution in [3.63, 3.8) is 0 Å². The zero-order valence-electron chi connectivity index (χ0n) is 7.30. The van der Waals surface area contributed by atoms with Gasteiger partial charge >= 0.3 is 0 Å². The lowest BCUT2D eigenvalue weighted by Crippen LogP contribution is -2.46. The molecule has 64 valence electrons. The van der Waals surface area contributed by atoms with Gasteiger partial charge in [-0.1, -0.05) is 13.8 Å². The predicted molar refractivity (Wildman–Crippen MR) is 43.7 cm³/mol. The van der Waals surface area contributed by atoms with Crippen LogP contribution in [0.15, 0.2) is 0 Å². The van der Waals surface area contributed by atoms with E-state index in [1.807, 2.05) is 0 Å². The summed E-state index contributed by atoms with van der Waals surface area (Å²) in [5.74, 6) is 0.988. The first-order valence-electron chi connectivity index (χ1n) is 4.46. The Balaban J connectivity index is 2.33. The number of hydrogen-bond acceptors (Lipinski definition) is 2. The van der Waals surface area contributed by atoms with Crippen LogP contribution in [0.1, 0.15) is 33.1 Å². The van der Waals surface area contributed by atoms with E-state index in [4.69, 9.17) is 5.73 Å². The van der Waals surface area contributed by atoms with Crippen LogP contribution in [0.25, 0.3) is 0 Å². The van der Waals surface area contributed by atoms with E-state index in [9.17, 15) is 5.11 Å². The maximum Gasteiger partial charge on any atom is 0.117 e. The smallest absolute Gasteiger partial charge is 0.117 e. The highest BCUT2D eigenvalue weighted by molar-refractivity contribution is 5.07. The SMILES string of the molecule is CC1(C)C2CCC1C(N)(O)C2. The van der Waals surface area contributed by atoms with Gasteiger partial charge in [-0.15, -0.1) is 0 Å². The van der Waals surface area contributed by atoms with Crippen LogP contribution in [0.4, 0.5) is 0 Å². The minimum atomic E-state index is -0.855. The highest BCUT2D eigenvalue weighted by atomic mass is 16.3. The predicted octanol–water partition coefficient (Wildman–Crippen LogP) is 1.09. The molecule has 2 saturated carbocycles. The summed E-state index contributed by atoms with van der Waals surface area (Å²) in [5, 5.41) is 9.80. The number of nitrogens with two attached hydrogens (primary N) is 1. The van der Waals surface area contributed by atoms with E-state index in [-0.39, 0.29) is 5.41 Å². The van der Waals surface area contributed by atoms with Crippen LogP contribution in [-0.2, 0) is 0 Å². The Morgan fingerprint density at radius 2 is 2.00 bits per heavy atom. The third kappa shape index (κ3) is 0.798. The van der Waals surface area contributed by atoms with Crippen molar-refractivity contribution in [2.45, 2.75) is 38.8 Å². The Kier molecular flexibility index (Phi) is 1.24. The van der Waals surface area contributed by atoms with Crippen molar-refractivity contribution in [2.24, 2.45) is 23.0 Å². The fraction of sp³-hybridized carbons (Fsp3) is 1.00. The second-order valence-corrected chi connectivity index (χ2v) is 4.84. The molecule has 3 atom stereocenters. The average Bonchev–Trinajstić information content (AvgIpc) is 2.15. The lowest BCUT2D eigenvalue weighted by Gasteiger charge is -2.30. The maximum absolute atomic E-state index is 9.80. The third-order valence-electron chi connectivity index (χ3n) is 3.93. The molecular weight excluding hydrogens is 138 g/mol. The van der Waals surface area contributed by atoms with E-state index < -0.39 is 5.72 Å². The normalized spacial score (nSPS) is 53.5. The molecule has 2 aliphatic carbocycles. The van der Waals surface area contributed by atoms with Crippen molar-refractivity contribution in [1.29, 1.82) is 0 Å². The number of aliphatic hydroxyl groups is 1. The van der Waals surface area contributed by atoms with Gasteiger partial charge < -0.3 is 10.8 Å². The molecule has 0 aliphatic heterocycles. The summed E-state index contributed by atoms with van der Waals surface area (Å²) in [7, 11) is 0. The van der Waals surface area contributed by atoms with Crippen LogP contribution in [0.5, 0.6) is 0 Å². The monoisotopic (exact) mass is 155 g/mol. The standard InChI is InChI=1S/C9H17NO/c1-8(2)6-3-4-7(8)9(10,11)5-6/h6-7,11H,3-5,10H2,1-2H3. The first kappa shape index (κ1) is 7.56. The quantitative estimate of drug-likeness (QED) is 0.514. The molecule has 0 saturated heterocycles. The van der Waals surface area contributed by atoms with Crippen molar-refractivity contribution < 1.29 is 5.11 Å². The minimum Gasteiger partial charge on any atom is -0.376 e. The summed E-state index contributed by atoms with van der Waals surface area (Å²) in [6.45, 7) is 4.47. The Hall–Kier alpha value is -0.0800. The van der Waals surface area contributed by atoms with E-state index in [2.05, 4.69) is 13.8 Å². The molecule has 11 heavy (non-hydrogen) atoms. The molecule has 2 nitrogen and oxygen atoms in total. The molecule has 2 rings (SSSR count). The minimum absolute atomic E-state index is 0.281. The summed E-state index contributed by atoms with van der Waals surface area (Å²) in [6, 6.07) is 0. The fourth-order valence-electron chi connectivity index (χ4n) is 3.19. The molecule has 0 aromatic carbocycles. The summed E-state index contributed by atoms with van der Waals surface area (Å²) in [4.78, 5) is 0. The molecule has 0 spiro atoms. The van der Waals surface area contributed by atoms with Crippen LogP contribution in [0.3, 0.4) is 0 Å². The second-order valence-electron chi connectivity index (χ2n) is 4.84. The molecule has 0 radical (unpaired) electrons. The molecule has 2 bridgehead atoms. The first-order chi connectivity index (χ1) is 4.94. The van der Waals surface area contributed by atoms with Gasteiger partial charge in [0.25, 0.3) is 0 Å². The van der Waals surface area contributed by atoms with Gasteiger partial charge in [-0.25, -0.2) is 0 Å². The largest absolute Gasteiger partial charge is 0.376 e. The van der Waals surface area contributed by atoms with Crippen LogP contribution in [-0.4, -0.2) is 10.8 Å². The van der Waals surface area contributed by atoms with Crippen molar-refractivity contribution in [1.82, 2.24) is 0 Å². The molecule has 3 unspecified atom stereocenters. The molecule has 0 heterocycles. The maximum atomic E-state index is 9.80. The Morgan fingerprint density at radius 1 is 1.36 bits per heavy atom. The van der Waals surface area contributed by atoms with Gasteiger partial charge in [0.1, 0.15) is 5.72 Å². The third-order valence-corrected chi connectivity index (χ3v) is 3.93. The molecule has 0 aromatic rings. The summed E-state index contributed by atoms with van der Waals surface area (Å²) < 4.78 is 0. The van der Waals surface area contributed by atoms with Gasteiger partial charge in [-0.2, -0.15) is 0 Å². The zero-order chi connectivity index (χ0) is 8.28. The van der Waals surface area contributed by atoms with E-state index in [0.29, 0.717) is 11.8 Å². The Labute approximate surface area is 67.8 Å². The molecule has 3 N–H and O–H groups in total. The van der Waals surface area contributed by atoms with Crippen LogP contribution in [0.2, 0.25) is 0 Å². The number of hydrogen-bond donors (Lipinski definition) is 2. The van der Waals surface area contributed by atoms with Crippen LogP contribution in [0, 0.1) is 17.3 Å². The zero-order valence-corrected chi connectivity index (χ0v) is 7.30. The molecule has 0 amide bonds.